The van der Waals surface area contributed by atoms with Crippen molar-refractivity contribution in [2.45, 2.75) is 108 Å². The highest BCUT2D eigenvalue weighted by molar-refractivity contribution is 6.77. The maximum absolute atomic E-state index is 13.5. The highest BCUT2D eigenvalue weighted by atomic mass is 28.4. The van der Waals surface area contributed by atoms with Gasteiger partial charge in [-0.15, -0.1) is 0 Å². The number of esters is 1. The number of aromatic nitrogens is 4. The lowest BCUT2D eigenvalue weighted by Crippen LogP contribution is -2.63. The Bertz CT molecular complexity index is 1770. The molecule has 11 nitrogen and oxygen atoms in total. The average Bonchev–Trinajstić information content (AvgIpc) is 3.60. The second kappa shape index (κ2) is 16.4. The Morgan fingerprint density at radius 3 is 2.13 bits per heavy atom. The van der Waals surface area contributed by atoms with E-state index in [0.717, 1.165) is 12.8 Å². The van der Waals surface area contributed by atoms with Gasteiger partial charge in [-0.2, -0.15) is 0 Å². The first kappa shape index (κ1) is 37.8. The third-order valence-corrected chi connectivity index (χ3v) is 17.1. The molecule has 1 aliphatic heterocycles. The van der Waals surface area contributed by atoms with Gasteiger partial charge in [0.15, 0.2) is 25.3 Å². The zero-order chi connectivity index (χ0) is 36.9. The Balaban J connectivity index is 1.38. The van der Waals surface area contributed by atoms with Crippen molar-refractivity contribution in [2.24, 2.45) is 0 Å². The molecule has 3 heterocycles. The first-order valence-electron chi connectivity index (χ1n) is 18.8. The number of rotatable bonds is 13. The summed E-state index contributed by atoms with van der Waals surface area (Å²) in [6, 6.07) is 18.5. The molecule has 1 aliphatic carbocycles. The van der Waals surface area contributed by atoms with E-state index in [1.54, 1.807) is 30.6 Å². The summed E-state index contributed by atoms with van der Waals surface area (Å²) in [5.41, 5.74) is 2.14. The molecule has 1 saturated carbocycles. The van der Waals surface area contributed by atoms with E-state index in [2.05, 4.69) is 61.7 Å². The minimum absolute atomic E-state index is 0.0270. The fraction of sp³-hybridized carbons (Fsp3) is 0.525. The topological polar surface area (TPSA) is 121 Å². The van der Waals surface area contributed by atoms with E-state index in [4.69, 9.17) is 18.9 Å². The van der Waals surface area contributed by atoms with Gasteiger partial charge in [0.2, 0.25) is 0 Å². The number of nitrogens with one attached hydrogen (secondary N) is 1. The fourth-order valence-electron chi connectivity index (χ4n) is 8.60. The van der Waals surface area contributed by atoms with Crippen LogP contribution in [0, 0.1) is 0 Å². The lowest BCUT2D eigenvalue weighted by molar-refractivity contribution is -0.218. The summed E-state index contributed by atoms with van der Waals surface area (Å²) in [6.45, 7) is 15.1. The predicted molar refractivity (Wildman–Crippen MR) is 205 cm³/mol. The number of morpholine rings is 1. The minimum atomic E-state index is -2.34. The van der Waals surface area contributed by atoms with E-state index in [9.17, 15) is 9.59 Å². The van der Waals surface area contributed by atoms with Crippen molar-refractivity contribution in [3.63, 3.8) is 0 Å². The fourth-order valence-corrected chi connectivity index (χ4v) is 14.1. The standard InChI is InChI=1S/C40H54N6O5Si/c1-28(2)52(29(3)4,30(5)6)50-25-40(24-49-39(48)32-18-12-8-13-19-32)23-45(33-20-14-9-15-21-33)22-34(51-40)46-27-43-35-36(41-26-42-37(35)46)44-38(47)31-16-10-7-11-17-31/h7-8,10-13,16-19,26-30,33-34H,9,14-15,20-25H2,1-6H3,(H,41,42,44,47)/t34-,40+/m1/s1. The highest BCUT2D eigenvalue weighted by Crippen LogP contribution is 2.44. The van der Waals surface area contributed by atoms with Gasteiger partial charge in [-0.1, -0.05) is 97.2 Å². The molecule has 12 heteroatoms. The Hall–Kier alpha value is -3.97. The monoisotopic (exact) mass is 726 g/mol. The van der Waals surface area contributed by atoms with Crippen molar-refractivity contribution in [3.8, 4) is 0 Å². The second-order valence-electron chi connectivity index (χ2n) is 15.4. The van der Waals surface area contributed by atoms with Crippen LogP contribution < -0.4 is 5.32 Å². The number of amides is 1. The van der Waals surface area contributed by atoms with E-state index < -0.39 is 26.1 Å². The SMILES string of the molecule is CC(C)[Si](OC[C@@]1(COC(=O)c2ccccc2)CN(C2CCCCC2)C[C@H](n2cnc3c(NC(=O)c4ccccc4)ncnc32)O1)(C(C)C)C(C)C. The predicted octanol–water partition coefficient (Wildman–Crippen LogP) is 8.03. The average molecular weight is 727 g/mol. The molecular formula is C40H54N6O5Si. The molecule has 1 amide bonds. The molecule has 0 unspecified atom stereocenters. The summed E-state index contributed by atoms with van der Waals surface area (Å²) in [5.74, 6) is -0.350. The molecule has 0 radical (unpaired) electrons. The minimum Gasteiger partial charge on any atom is -0.459 e. The number of fused-ring (bicyclic) bond motifs is 1. The number of hydrogen-bond acceptors (Lipinski definition) is 9. The number of ether oxygens (including phenoxy) is 2. The summed E-state index contributed by atoms with van der Waals surface area (Å²) >= 11 is 0. The Morgan fingerprint density at radius 1 is 0.865 bits per heavy atom. The number of hydrogen-bond donors (Lipinski definition) is 1. The van der Waals surface area contributed by atoms with Gasteiger partial charge in [0.05, 0.1) is 18.5 Å². The Morgan fingerprint density at radius 2 is 1.50 bits per heavy atom. The van der Waals surface area contributed by atoms with Crippen LogP contribution in [0.4, 0.5) is 5.82 Å². The van der Waals surface area contributed by atoms with Crippen LogP contribution in [-0.4, -0.2) is 82.6 Å². The third-order valence-electron chi connectivity index (χ3n) is 11.1. The molecule has 2 fully saturated rings. The van der Waals surface area contributed by atoms with Gasteiger partial charge < -0.3 is 19.2 Å². The number of benzene rings is 2. The van der Waals surface area contributed by atoms with Crippen molar-refractivity contribution in [1.82, 2.24) is 24.4 Å². The zero-order valence-corrected chi connectivity index (χ0v) is 32.5. The van der Waals surface area contributed by atoms with Crippen molar-refractivity contribution < 1.29 is 23.5 Å². The van der Waals surface area contributed by atoms with Crippen LogP contribution in [0.25, 0.3) is 11.2 Å². The van der Waals surface area contributed by atoms with E-state index in [-0.39, 0.29) is 19.1 Å². The van der Waals surface area contributed by atoms with Gasteiger partial charge in [0.25, 0.3) is 5.91 Å². The maximum Gasteiger partial charge on any atom is 0.338 e. The molecule has 0 bridgehead atoms. The molecule has 4 aromatic rings. The molecule has 52 heavy (non-hydrogen) atoms. The number of carbonyl (C=O) groups is 2. The van der Waals surface area contributed by atoms with Crippen LogP contribution in [0.15, 0.2) is 73.3 Å². The first-order chi connectivity index (χ1) is 25.0. The van der Waals surface area contributed by atoms with Crippen molar-refractivity contribution in [1.29, 1.82) is 0 Å². The highest BCUT2D eigenvalue weighted by Gasteiger charge is 2.50. The van der Waals surface area contributed by atoms with Gasteiger partial charge in [-0.3, -0.25) is 14.3 Å². The van der Waals surface area contributed by atoms with Crippen molar-refractivity contribution in [2.75, 3.05) is 31.6 Å². The largest absolute Gasteiger partial charge is 0.459 e. The van der Waals surface area contributed by atoms with E-state index >= 15 is 0 Å². The van der Waals surface area contributed by atoms with Crippen LogP contribution >= 0.6 is 0 Å². The summed E-state index contributed by atoms with van der Waals surface area (Å²) in [7, 11) is -2.34. The summed E-state index contributed by atoms with van der Waals surface area (Å²) in [4.78, 5) is 42.8. The zero-order valence-electron chi connectivity index (χ0n) is 31.5. The lowest BCUT2D eigenvalue weighted by atomic mass is 9.92. The summed E-state index contributed by atoms with van der Waals surface area (Å²) in [5, 5.41) is 2.92. The molecule has 1 N–H and O–H groups in total. The van der Waals surface area contributed by atoms with Gasteiger partial charge >= 0.3 is 5.97 Å². The molecule has 2 aromatic carbocycles. The van der Waals surface area contributed by atoms with Crippen LogP contribution in [0.5, 0.6) is 0 Å². The van der Waals surface area contributed by atoms with Gasteiger partial charge in [0, 0.05) is 24.7 Å². The van der Waals surface area contributed by atoms with E-state index in [1.807, 2.05) is 41.0 Å². The lowest BCUT2D eigenvalue weighted by Gasteiger charge is -2.51. The third kappa shape index (κ3) is 8.00. The molecule has 0 spiro atoms. The second-order valence-corrected chi connectivity index (χ2v) is 20.9. The molecule has 6 rings (SSSR count). The van der Waals surface area contributed by atoms with Crippen LogP contribution in [0.1, 0.15) is 101 Å². The first-order valence-corrected chi connectivity index (χ1v) is 21.0. The Labute approximate surface area is 308 Å². The quantitative estimate of drug-likeness (QED) is 0.108. The summed E-state index contributed by atoms with van der Waals surface area (Å²) < 4.78 is 22.6. The number of carbonyl (C=O) groups excluding carboxylic acids is 2. The molecule has 278 valence electrons. The van der Waals surface area contributed by atoms with E-state index in [1.165, 1.54) is 25.6 Å². The number of nitrogens with zero attached hydrogens (tertiary/aromatic N) is 5. The molecule has 2 aromatic heterocycles. The smallest absolute Gasteiger partial charge is 0.338 e. The van der Waals surface area contributed by atoms with Crippen LogP contribution in [0.3, 0.4) is 0 Å². The van der Waals surface area contributed by atoms with Crippen LogP contribution in [0.2, 0.25) is 16.6 Å². The molecule has 1 saturated heterocycles. The van der Waals surface area contributed by atoms with Crippen molar-refractivity contribution >= 4 is 37.2 Å². The van der Waals surface area contributed by atoms with Crippen molar-refractivity contribution in [3.05, 3.63) is 84.4 Å². The van der Waals surface area contributed by atoms with Gasteiger partial charge in [0.1, 0.15) is 24.8 Å². The van der Waals surface area contributed by atoms with Gasteiger partial charge in [-0.05, 0) is 53.7 Å². The molecule has 2 aliphatic rings. The normalized spacial score (nSPS) is 20.5. The van der Waals surface area contributed by atoms with E-state index in [0.29, 0.717) is 63.9 Å². The Kier molecular flexibility index (Phi) is 11.9. The summed E-state index contributed by atoms with van der Waals surface area (Å²) in [6.07, 6.45) is 8.40. The number of anilines is 1. The van der Waals surface area contributed by atoms with Gasteiger partial charge in [-0.25, -0.2) is 19.7 Å². The van der Waals surface area contributed by atoms with Crippen LogP contribution in [-0.2, 0) is 13.9 Å². The number of imidazole rings is 1. The molecular weight excluding hydrogens is 673 g/mol. The molecule has 2 atom stereocenters. The maximum atomic E-state index is 13.5.